The molecule has 4 aromatic carbocycles. The molecule has 0 saturated heterocycles. The van der Waals surface area contributed by atoms with E-state index < -0.39 is 22.4 Å². The first kappa shape index (κ1) is 23.5. The minimum atomic E-state index is -4.69. The first-order chi connectivity index (χ1) is 16.8. The Morgan fingerprint density at radius 3 is 2.00 bits per heavy atom. The molecular weight excluding hydrogens is 461 g/mol. The van der Waals surface area contributed by atoms with Gasteiger partial charge in [-0.25, -0.2) is 0 Å². The van der Waals surface area contributed by atoms with Gasteiger partial charge in [-0.2, -0.15) is 13.2 Å². The van der Waals surface area contributed by atoms with Gasteiger partial charge in [0.25, 0.3) is 0 Å². The van der Waals surface area contributed by atoms with Gasteiger partial charge in [0.15, 0.2) is 0 Å². The molecule has 0 unspecified atom stereocenters. The maximum absolute atomic E-state index is 12.9. The summed E-state index contributed by atoms with van der Waals surface area (Å²) in [6.07, 6.45) is -3.07. The van der Waals surface area contributed by atoms with Crippen molar-refractivity contribution in [3.05, 3.63) is 118 Å². The van der Waals surface area contributed by atoms with Gasteiger partial charge in [-0.1, -0.05) is 18.2 Å². The van der Waals surface area contributed by atoms with Crippen LogP contribution < -0.4 is 9.47 Å². The zero-order chi connectivity index (χ0) is 24.8. The van der Waals surface area contributed by atoms with Gasteiger partial charge in [-0.05, 0) is 78.4 Å². The Balaban J connectivity index is 1.42. The quantitative estimate of drug-likeness (QED) is 0.153. The predicted molar refractivity (Wildman–Crippen MR) is 125 cm³/mol. The SMILES string of the molecule is O=[N+]([O-])c1cc(C(F)(F)F)ccc1Oc1ccc(C=Nc2ccc(Oc3ccccc3)cc2)cc1. The van der Waals surface area contributed by atoms with Crippen LogP contribution in [0.2, 0.25) is 0 Å². The van der Waals surface area contributed by atoms with Crippen molar-refractivity contribution in [3.8, 4) is 23.0 Å². The Bertz CT molecular complexity index is 1340. The number of rotatable bonds is 7. The lowest BCUT2D eigenvalue weighted by molar-refractivity contribution is -0.385. The van der Waals surface area contributed by atoms with Crippen LogP contribution in [0.5, 0.6) is 23.0 Å². The highest BCUT2D eigenvalue weighted by molar-refractivity contribution is 5.82. The average molecular weight is 478 g/mol. The lowest BCUT2D eigenvalue weighted by atomic mass is 10.2. The molecule has 9 heteroatoms. The first-order valence-electron chi connectivity index (χ1n) is 10.3. The number of nitrogens with zero attached hydrogens (tertiary/aromatic N) is 2. The number of ether oxygens (including phenoxy) is 2. The molecule has 0 aliphatic rings. The molecule has 176 valence electrons. The minimum absolute atomic E-state index is 0.229. The van der Waals surface area contributed by atoms with Crippen LogP contribution in [0.15, 0.2) is 102 Å². The van der Waals surface area contributed by atoms with Crippen LogP contribution in [0.3, 0.4) is 0 Å². The van der Waals surface area contributed by atoms with Gasteiger partial charge >= 0.3 is 11.9 Å². The van der Waals surface area contributed by atoms with E-state index in [4.69, 9.17) is 9.47 Å². The highest BCUT2D eigenvalue weighted by Gasteiger charge is 2.33. The van der Waals surface area contributed by atoms with E-state index in [0.717, 1.165) is 23.4 Å². The van der Waals surface area contributed by atoms with E-state index in [0.29, 0.717) is 17.5 Å². The van der Waals surface area contributed by atoms with Gasteiger partial charge in [0.1, 0.15) is 17.2 Å². The molecule has 4 rings (SSSR count). The van der Waals surface area contributed by atoms with E-state index in [1.54, 1.807) is 54.7 Å². The number of halogens is 3. The Kier molecular flexibility index (Phi) is 6.77. The molecule has 0 aliphatic heterocycles. The fourth-order valence-corrected chi connectivity index (χ4v) is 3.05. The van der Waals surface area contributed by atoms with Crippen molar-refractivity contribution in [1.82, 2.24) is 0 Å². The molecule has 0 radical (unpaired) electrons. The van der Waals surface area contributed by atoms with Crippen LogP contribution in [-0.4, -0.2) is 11.1 Å². The van der Waals surface area contributed by atoms with Crippen molar-refractivity contribution in [2.75, 3.05) is 0 Å². The van der Waals surface area contributed by atoms with Gasteiger partial charge in [0.05, 0.1) is 16.2 Å². The fraction of sp³-hybridized carbons (Fsp3) is 0.0385. The number of benzene rings is 4. The van der Waals surface area contributed by atoms with Crippen molar-refractivity contribution < 1.29 is 27.6 Å². The molecule has 6 nitrogen and oxygen atoms in total. The second-order valence-electron chi connectivity index (χ2n) is 7.28. The Hall–Kier alpha value is -4.66. The van der Waals surface area contributed by atoms with E-state index in [1.807, 2.05) is 30.3 Å². The summed E-state index contributed by atoms with van der Waals surface area (Å²) in [6, 6.07) is 25.1. The van der Waals surface area contributed by atoms with Crippen LogP contribution in [0.1, 0.15) is 11.1 Å². The van der Waals surface area contributed by atoms with E-state index in [2.05, 4.69) is 4.99 Å². The number of nitro benzene ring substituents is 1. The van der Waals surface area contributed by atoms with Gasteiger partial charge in [-0.3, -0.25) is 15.1 Å². The monoisotopic (exact) mass is 478 g/mol. The number of alkyl halides is 3. The van der Waals surface area contributed by atoms with Crippen molar-refractivity contribution in [2.45, 2.75) is 6.18 Å². The van der Waals surface area contributed by atoms with Crippen molar-refractivity contribution >= 4 is 17.6 Å². The number of hydrogen-bond acceptors (Lipinski definition) is 5. The molecule has 4 aromatic rings. The Labute approximate surface area is 198 Å². The number of aliphatic imine (C=N–C) groups is 1. The molecule has 0 aliphatic carbocycles. The summed E-state index contributed by atoms with van der Waals surface area (Å²) in [5.41, 5.74) is -0.470. The maximum atomic E-state index is 12.9. The molecule has 0 bridgehead atoms. The number of nitro groups is 1. The van der Waals surface area contributed by atoms with Crippen LogP contribution in [0, 0.1) is 10.1 Å². The first-order valence-corrected chi connectivity index (χ1v) is 10.3. The standard InChI is InChI=1S/C26H17F3N2O4/c27-26(28,29)19-8-15-25(24(16-19)31(32)33)35-23-11-6-18(7-12-23)17-30-20-9-13-22(14-10-20)34-21-4-2-1-3-5-21/h1-17H. The maximum Gasteiger partial charge on any atom is 0.416 e. The van der Waals surface area contributed by atoms with Crippen LogP contribution in [-0.2, 0) is 6.18 Å². The van der Waals surface area contributed by atoms with E-state index >= 15 is 0 Å². The molecule has 0 saturated carbocycles. The fourth-order valence-electron chi connectivity index (χ4n) is 3.05. The predicted octanol–water partition coefficient (Wildman–Crippen LogP) is 7.95. The number of hydrogen-bond donors (Lipinski definition) is 0. The molecule has 0 N–H and O–H groups in total. The molecule has 0 aromatic heterocycles. The van der Waals surface area contributed by atoms with Crippen molar-refractivity contribution in [3.63, 3.8) is 0 Å². The van der Waals surface area contributed by atoms with Gasteiger partial charge < -0.3 is 9.47 Å². The second-order valence-corrected chi connectivity index (χ2v) is 7.28. The molecule has 0 spiro atoms. The molecule has 0 heterocycles. The Morgan fingerprint density at radius 2 is 1.37 bits per heavy atom. The third-order valence-corrected chi connectivity index (χ3v) is 4.77. The van der Waals surface area contributed by atoms with Crippen LogP contribution >= 0.6 is 0 Å². The molecule has 0 fully saturated rings. The van der Waals surface area contributed by atoms with Crippen LogP contribution in [0.25, 0.3) is 0 Å². The summed E-state index contributed by atoms with van der Waals surface area (Å²) in [4.78, 5) is 14.7. The second kappa shape index (κ2) is 10.1. The zero-order valence-electron chi connectivity index (χ0n) is 18.0. The minimum Gasteiger partial charge on any atom is -0.457 e. The van der Waals surface area contributed by atoms with Crippen LogP contribution in [0.4, 0.5) is 24.5 Å². The molecule has 0 atom stereocenters. The lowest BCUT2D eigenvalue weighted by Gasteiger charge is -2.10. The topological polar surface area (TPSA) is 74.0 Å². The summed E-state index contributed by atoms with van der Waals surface area (Å²) < 4.78 is 49.8. The summed E-state index contributed by atoms with van der Waals surface area (Å²) in [7, 11) is 0. The van der Waals surface area contributed by atoms with Crippen molar-refractivity contribution in [2.24, 2.45) is 4.99 Å². The van der Waals surface area contributed by atoms with Crippen molar-refractivity contribution in [1.29, 1.82) is 0 Å². The lowest BCUT2D eigenvalue weighted by Crippen LogP contribution is -2.06. The van der Waals surface area contributed by atoms with E-state index in [-0.39, 0.29) is 11.5 Å². The van der Waals surface area contributed by atoms with Gasteiger partial charge in [-0.15, -0.1) is 0 Å². The van der Waals surface area contributed by atoms with E-state index in [9.17, 15) is 23.3 Å². The Morgan fingerprint density at radius 1 is 0.771 bits per heavy atom. The highest BCUT2D eigenvalue weighted by Crippen LogP contribution is 2.37. The molecular formula is C26H17F3N2O4. The summed E-state index contributed by atoms with van der Waals surface area (Å²) in [5.74, 6) is 1.34. The summed E-state index contributed by atoms with van der Waals surface area (Å²) in [5, 5.41) is 11.2. The summed E-state index contributed by atoms with van der Waals surface area (Å²) >= 11 is 0. The summed E-state index contributed by atoms with van der Waals surface area (Å²) in [6.45, 7) is 0. The van der Waals surface area contributed by atoms with Gasteiger partial charge in [0, 0.05) is 12.3 Å². The molecule has 35 heavy (non-hydrogen) atoms. The smallest absolute Gasteiger partial charge is 0.416 e. The normalized spacial score (nSPS) is 11.4. The van der Waals surface area contributed by atoms with Gasteiger partial charge in [0.2, 0.25) is 5.75 Å². The number of para-hydroxylation sites is 1. The largest absolute Gasteiger partial charge is 0.457 e. The average Bonchev–Trinajstić information content (AvgIpc) is 2.84. The highest BCUT2D eigenvalue weighted by atomic mass is 19.4. The third-order valence-electron chi connectivity index (χ3n) is 4.77. The van der Waals surface area contributed by atoms with E-state index in [1.165, 1.54) is 0 Å². The zero-order valence-corrected chi connectivity index (χ0v) is 18.0. The molecule has 0 amide bonds. The third kappa shape index (κ3) is 6.23.